The Balaban J connectivity index is 3.02. The molecule has 0 aliphatic carbocycles. The number of rotatable bonds is 1. The molecule has 0 amide bonds. The molecule has 0 saturated heterocycles. The van der Waals surface area contributed by atoms with Crippen LogP contribution in [0, 0.1) is 11.3 Å². The molecule has 2 nitrogen and oxygen atoms in total. The Morgan fingerprint density at radius 2 is 2.40 bits per heavy atom. The van der Waals surface area contributed by atoms with E-state index in [1.807, 2.05) is 6.07 Å². The predicted molar refractivity (Wildman–Crippen MR) is 41.4 cm³/mol. The molecule has 1 aromatic rings. The van der Waals surface area contributed by atoms with Crippen molar-refractivity contribution in [2.75, 3.05) is 6.26 Å². The van der Waals surface area contributed by atoms with E-state index in [0.29, 0.717) is 4.88 Å². The number of hydrogen-bond acceptors (Lipinski definition) is 3. The molecule has 1 unspecified atom stereocenters. The standard InChI is InChI=1S/C6H5NOS2/c1-10(8)6-3-2-5(4-7)9-6/h2-3H,1H3. The van der Waals surface area contributed by atoms with Crippen molar-refractivity contribution in [3.63, 3.8) is 0 Å². The first-order chi connectivity index (χ1) is 4.74. The fraction of sp³-hybridized carbons (Fsp3) is 0.167. The smallest absolute Gasteiger partial charge is 0.110 e. The van der Waals surface area contributed by atoms with Gasteiger partial charge in [-0.15, -0.1) is 11.3 Å². The number of hydrogen-bond donors (Lipinski definition) is 0. The van der Waals surface area contributed by atoms with Gasteiger partial charge in [0.25, 0.3) is 0 Å². The van der Waals surface area contributed by atoms with Crippen molar-refractivity contribution < 1.29 is 4.21 Å². The van der Waals surface area contributed by atoms with Crippen LogP contribution in [0.1, 0.15) is 4.88 Å². The minimum atomic E-state index is -0.942. The van der Waals surface area contributed by atoms with E-state index in [-0.39, 0.29) is 0 Å². The summed E-state index contributed by atoms with van der Waals surface area (Å²) in [5.74, 6) is 0. The van der Waals surface area contributed by atoms with E-state index in [1.54, 1.807) is 18.4 Å². The van der Waals surface area contributed by atoms with E-state index in [1.165, 1.54) is 11.3 Å². The Labute approximate surface area is 65.6 Å². The maximum absolute atomic E-state index is 10.8. The molecule has 1 rings (SSSR count). The summed E-state index contributed by atoms with van der Waals surface area (Å²) in [6.45, 7) is 0. The maximum atomic E-state index is 10.8. The minimum Gasteiger partial charge on any atom is -0.254 e. The first kappa shape index (κ1) is 7.45. The van der Waals surface area contributed by atoms with Crippen molar-refractivity contribution in [1.82, 2.24) is 0 Å². The summed E-state index contributed by atoms with van der Waals surface area (Å²) in [5, 5.41) is 8.39. The van der Waals surface area contributed by atoms with E-state index in [9.17, 15) is 4.21 Å². The molecule has 0 aliphatic rings. The second kappa shape index (κ2) is 2.95. The molecule has 52 valence electrons. The van der Waals surface area contributed by atoms with Crippen molar-refractivity contribution in [3.8, 4) is 6.07 Å². The molecular weight excluding hydrogens is 166 g/mol. The van der Waals surface area contributed by atoms with E-state index in [0.717, 1.165) is 4.21 Å². The fourth-order valence-electron chi connectivity index (χ4n) is 0.535. The molecule has 4 heteroatoms. The second-order valence-corrected chi connectivity index (χ2v) is 4.37. The summed E-state index contributed by atoms with van der Waals surface area (Å²) in [7, 11) is -0.942. The van der Waals surface area contributed by atoms with Crippen molar-refractivity contribution in [2.24, 2.45) is 0 Å². The van der Waals surface area contributed by atoms with Crippen molar-refractivity contribution >= 4 is 22.1 Å². The molecule has 10 heavy (non-hydrogen) atoms. The maximum Gasteiger partial charge on any atom is 0.110 e. The zero-order chi connectivity index (χ0) is 7.56. The summed E-state index contributed by atoms with van der Waals surface area (Å²) in [6, 6.07) is 5.39. The van der Waals surface area contributed by atoms with Gasteiger partial charge >= 0.3 is 0 Å². The lowest BCUT2D eigenvalue weighted by Gasteiger charge is -1.82. The third kappa shape index (κ3) is 1.43. The van der Waals surface area contributed by atoms with Crippen LogP contribution in [0.2, 0.25) is 0 Å². The molecule has 1 atom stereocenters. The van der Waals surface area contributed by atoms with Crippen LogP contribution in [0.15, 0.2) is 16.3 Å². The molecule has 0 aliphatic heterocycles. The van der Waals surface area contributed by atoms with Crippen LogP contribution < -0.4 is 0 Å². The van der Waals surface area contributed by atoms with Gasteiger partial charge in [0.2, 0.25) is 0 Å². The minimum absolute atomic E-state index is 0.616. The summed E-state index contributed by atoms with van der Waals surface area (Å²) in [5.41, 5.74) is 0. The molecule has 1 aromatic heterocycles. The van der Waals surface area contributed by atoms with Crippen LogP contribution in [0.25, 0.3) is 0 Å². The fourth-order valence-corrected chi connectivity index (χ4v) is 2.07. The Kier molecular flexibility index (Phi) is 2.20. The van der Waals surface area contributed by atoms with Crippen LogP contribution in [-0.2, 0) is 10.8 Å². The lowest BCUT2D eigenvalue weighted by atomic mass is 10.5. The predicted octanol–water partition coefficient (Wildman–Crippen LogP) is 1.36. The van der Waals surface area contributed by atoms with Gasteiger partial charge in [-0.25, -0.2) is 0 Å². The van der Waals surface area contributed by atoms with Crippen LogP contribution in [0.4, 0.5) is 0 Å². The molecule has 0 spiro atoms. The Morgan fingerprint density at radius 1 is 1.70 bits per heavy atom. The monoisotopic (exact) mass is 171 g/mol. The van der Waals surface area contributed by atoms with E-state index >= 15 is 0 Å². The quantitative estimate of drug-likeness (QED) is 0.640. The van der Waals surface area contributed by atoms with E-state index < -0.39 is 10.8 Å². The van der Waals surface area contributed by atoms with Gasteiger partial charge in [-0.3, -0.25) is 4.21 Å². The highest BCUT2D eigenvalue weighted by Gasteiger charge is 2.00. The van der Waals surface area contributed by atoms with Gasteiger partial charge in [-0.1, -0.05) is 0 Å². The highest BCUT2D eigenvalue weighted by molar-refractivity contribution is 7.86. The Morgan fingerprint density at radius 3 is 2.70 bits per heavy atom. The largest absolute Gasteiger partial charge is 0.254 e. The summed E-state index contributed by atoms with van der Waals surface area (Å²) in [6.07, 6.45) is 1.60. The van der Waals surface area contributed by atoms with Crippen molar-refractivity contribution in [1.29, 1.82) is 5.26 Å². The van der Waals surface area contributed by atoms with Crippen LogP contribution in [0.3, 0.4) is 0 Å². The van der Waals surface area contributed by atoms with Gasteiger partial charge < -0.3 is 0 Å². The molecular formula is C6H5NOS2. The summed E-state index contributed by atoms with van der Waals surface area (Å²) in [4.78, 5) is 0.616. The van der Waals surface area contributed by atoms with Gasteiger partial charge in [0, 0.05) is 6.26 Å². The third-order valence-corrected chi connectivity index (χ3v) is 3.42. The van der Waals surface area contributed by atoms with E-state index in [2.05, 4.69) is 0 Å². The zero-order valence-corrected chi connectivity index (χ0v) is 6.96. The number of nitrogens with zero attached hydrogens (tertiary/aromatic N) is 1. The Hall–Kier alpha value is -0.660. The van der Waals surface area contributed by atoms with Crippen molar-refractivity contribution in [3.05, 3.63) is 17.0 Å². The topological polar surface area (TPSA) is 40.9 Å². The molecule has 0 saturated carbocycles. The SMILES string of the molecule is CS(=O)c1ccc(C#N)s1. The lowest BCUT2D eigenvalue weighted by molar-refractivity contribution is 0.688. The van der Waals surface area contributed by atoms with Gasteiger partial charge in [0.05, 0.1) is 15.0 Å². The van der Waals surface area contributed by atoms with Crippen LogP contribution >= 0.6 is 11.3 Å². The van der Waals surface area contributed by atoms with Crippen LogP contribution in [-0.4, -0.2) is 10.5 Å². The summed E-state index contributed by atoms with van der Waals surface area (Å²) >= 11 is 1.28. The highest BCUT2D eigenvalue weighted by Crippen LogP contribution is 2.17. The average Bonchev–Trinajstić information content (AvgIpc) is 2.34. The normalized spacial score (nSPS) is 12.4. The van der Waals surface area contributed by atoms with Gasteiger partial charge in [0.15, 0.2) is 0 Å². The number of nitriles is 1. The molecule has 0 fully saturated rings. The molecule has 1 heterocycles. The number of thiophene rings is 1. The van der Waals surface area contributed by atoms with Gasteiger partial charge in [-0.2, -0.15) is 5.26 Å². The van der Waals surface area contributed by atoms with Crippen molar-refractivity contribution in [2.45, 2.75) is 4.21 Å². The van der Waals surface area contributed by atoms with Crippen LogP contribution in [0.5, 0.6) is 0 Å². The van der Waals surface area contributed by atoms with Gasteiger partial charge in [-0.05, 0) is 12.1 Å². The second-order valence-electron chi connectivity index (χ2n) is 1.68. The lowest BCUT2D eigenvalue weighted by Crippen LogP contribution is -1.78. The first-order valence-corrected chi connectivity index (χ1v) is 4.95. The first-order valence-electron chi connectivity index (χ1n) is 2.57. The molecule has 0 radical (unpaired) electrons. The third-order valence-electron chi connectivity index (χ3n) is 0.975. The molecule has 0 N–H and O–H groups in total. The molecule has 0 aromatic carbocycles. The molecule has 0 bridgehead atoms. The van der Waals surface area contributed by atoms with E-state index in [4.69, 9.17) is 5.26 Å². The average molecular weight is 171 g/mol. The van der Waals surface area contributed by atoms with Gasteiger partial charge in [0.1, 0.15) is 10.9 Å². The highest BCUT2D eigenvalue weighted by atomic mass is 32.2. The Bertz CT molecular complexity index is 297. The summed E-state index contributed by atoms with van der Waals surface area (Å²) < 4.78 is 11.5. The zero-order valence-electron chi connectivity index (χ0n) is 5.33.